The van der Waals surface area contributed by atoms with Crippen LogP contribution in [0.4, 0.5) is 11.4 Å². The number of benzene rings is 2. The largest absolute Gasteiger partial charge is 1.00 e. The van der Waals surface area contributed by atoms with Crippen LogP contribution in [0.5, 0.6) is 0 Å². The molecule has 2 aromatic rings. The van der Waals surface area contributed by atoms with Crippen molar-refractivity contribution in [3.8, 4) is 0 Å². The van der Waals surface area contributed by atoms with Gasteiger partial charge in [0.15, 0.2) is 0 Å². The van der Waals surface area contributed by atoms with Gasteiger partial charge in [0, 0.05) is 10.6 Å². The van der Waals surface area contributed by atoms with E-state index in [1.807, 2.05) is 0 Å². The monoisotopic (exact) mass is 386 g/mol. The molecule has 0 N–H and O–H groups in total. The Morgan fingerprint density at radius 1 is 1.00 bits per heavy atom. The third-order valence-electron chi connectivity index (χ3n) is 2.85. The maximum absolute atomic E-state index is 11.4. The number of azide groups is 2. The Bertz CT molecular complexity index is 996. The minimum Gasteiger partial charge on any atom is -0.744 e. The van der Waals surface area contributed by atoms with Gasteiger partial charge in [-0.15, -0.1) is 35.5 Å². The van der Waals surface area contributed by atoms with E-state index in [2.05, 4.69) is 26.1 Å². The normalized spacial score (nSPS) is 10.0. The summed E-state index contributed by atoms with van der Waals surface area (Å²) in [6.45, 7) is 0. The van der Waals surface area contributed by atoms with Crippen LogP contribution < -0.4 is 59.1 Å². The maximum atomic E-state index is 11.4. The molecule has 0 aliphatic rings. The Balaban J connectivity index is 0.00000312. The molecule has 12 heteroatoms. The van der Waals surface area contributed by atoms with E-state index in [1.165, 1.54) is 30.4 Å². The fourth-order valence-electron chi connectivity index (χ4n) is 1.82. The molecule has 0 fully saturated rings. The molecular formula is C14H8N6Na2O3S. The molecule has 0 bridgehead atoms. The van der Waals surface area contributed by atoms with Gasteiger partial charge in [0.05, 0.1) is 4.90 Å². The molecule has 0 atom stereocenters. The van der Waals surface area contributed by atoms with Crippen molar-refractivity contribution in [2.75, 3.05) is 0 Å². The summed E-state index contributed by atoms with van der Waals surface area (Å²) >= 11 is 0. The standard InChI is InChI=1S/C14H9N6O3S.2Na/c15-19-17-12-6-2-10(3-7-12)1-4-11-5-8-13(18-20-16)9-14(11)24(21,22)23;;/h1-2,4-9H,(H,21,22,23);;/q-1;2*+1/p-1/b4-1+;;. The Kier molecular flexibility index (Phi) is 10.9. The van der Waals surface area contributed by atoms with E-state index in [0.717, 1.165) is 6.07 Å². The van der Waals surface area contributed by atoms with E-state index in [9.17, 15) is 13.0 Å². The van der Waals surface area contributed by atoms with Crippen molar-refractivity contribution in [2.24, 2.45) is 10.2 Å². The first-order valence-corrected chi connectivity index (χ1v) is 7.75. The molecule has 26 heavy (non-hydrogen) atoms. The zero-order valence-corrected chi connectivity index (χ0v) is 18.8. The molecule has 0 heterocycles. The molecule has 120 valence electrons. The molecule has 0 saturated heterocycles. The van der Waals surface area contributed by atoms with Gasteiger partial charge in [0.25, 0.3) is 0 Å². The van der Waals surface area contributed by atoms with Crippen LogP contribution >= 0.6 is 0 Å². The minimum atomic E-state index is -4.74. The molecule has 0 aliphatic carbocycles. The maximum Gasteiger partial charge on any atom is 1.00 e. The third kappa shape index (κ3) is 7.14. The van der Waals surface area contributed by atoms with E-state index in [4.69, 9.17) is 11.1 Å². The summed E-state index contributed by atoms with van der Waals surface area (Å²) < 4.78 is 34.1. The number of rotatable bonds is 5. The van der Waals surface area contributed by atoms with Crippen molar-refractivity contribution in [1.82, 2.24) is 0 Å². The molecule has 2 aromatic carbocycles. The van der Waals surface area contributed by atoms with Gasteiger partial charge in [0.1, 0.15) is 10.1 Å². The summed E-state index contributed by atoms with van der Waals surface area (Å²) in [5.41, 5.74) is 17.8. The van der Waals surface area contributed by atoms with Gasteiger partial charge in [-0.3, -0.25) is 0 Å². The van der Waals surface area contributed by atoms with Crippen LogP contribution in [-0.4, -0.2) is 13.0 Å². The minimum absolute atomic E-state index is 0. The van der Waals surface area contributed by atoms with Crippen molar-refractivity contribution in [3.05, 3.63) is 74.5 Å². The summed E-state index contributed by atoms with van der Waals surface area (Å²) in [5.74, 6) is 0. The average molecular weight is 386 g/mol. The van der Waals surface area contributed by atoms with Crippen LogP contribution in [0.15, 0.2) is 51.5 Å². The topological polar surface area (TPSA) is 155 Å². The Labute approximate surface area is 193 Å². The van der Waals surface area contributed by atoms with Crippen molar-refractivity contribution >= 4 is 33.6 Å². The van der Waals surface area contributed by atoms with Gasteiger partial charge in [0.2, 0.25) is 0 Å². The summed E-state index contributed by atoms with van der Waals surface area (Å²) in [4.78, 5) is 4.70. The predicted molar refractivity (Wildman–Crippen MR) is 86.2 cm³/mol. The summed E-state index contributed by atoms with van der Waals surface area (Å²) in [7, 11) is -4.74. The zero-order chi connectivity index (χ0) is 17.6. The number of hydrogen-bond donors (Lipinski definition) is 0. The van der Waals surface area contributed by atoms with E-state index >= 15 is 0 Å². The average Bonchev–Trinajstić information content (AvgIpc) is 2.54. The molecule has 0 spiro atoms. The molecule has 0 saturated carbocycles. The summed E-state index contributed by atoms with van der Waals surface area (Å²) in [5, 5.41) is 6.68. The van der Waals surface area contributed by atoms with Crippen LogP contribution in [0.1, 0.15) is 11.1 Å². The molecule has 0 unspecified atom stereocenters. The van der Waals surface area contributed by atoms with Crippen LogP contribution in [0.25, 0.3) is 33.0 Å². The van der Waals surface area contributed by atoms with Gasteiger partial charge in [-0.05, 0) is 33.3 Å². The first-order valence-electron chi connectivity index (χ1n) is 6.34. The van der Waals surface area contributed by atoms with E-state index in [0.29, 0.717) is 11.3 Å². The van der Waals surface area contributed by atoms with Crippen molar-refractivity contribution in [3.63, 3.8) is 0 Å². The second-order valence-electron chi connectivity index (χ2n) is 4.39. The van der Waals surface area contributed by atoms with Gasteiger partial charge in [-0.1, -0.05) is 23.3 Å². The van der Waals surface area contributed by atoms with Gasteiger partial charge >= 0.3 is 59.1 Å². The fraction of sp³-hybridized carbons (Fsp3) is 0. The van der Waals surface area contributed by atoms with Crippen LogP contribution in [0.2, 0.25) is 0 Å². The van der Waals surface area contributed by atoms with E-state index in [-0.39, 0.29) is 70.4 Å². The van der Waals surface area contributed by atoms with Gasteiger partial charge < -0.3 is 4.55 Å². The smallest absolute Gasteiger partial charge is 0.744 e. The number of hydrogen-bond acceptors (Lipinski definition) is 5. The van der Waals surface area contributed by atoms with Crippen LogP contribution in [-0.2, 0) is 10.1 Å². The molecule has 0 aromatic heterocycles. The van der Waals surface area contributed by atoms with Crippen molar-refractivity contribution in [1.29, 1.82) is 0 Å². The summed E-state index contributed by atoms with van der Waals surface area (Å²) in [6, 6.07) is 11.2. The molecule has 0 aliphatic heterocycles. The predicted octanol–water partition coefficient (Wildman–Crippen LogP) is -1.55. The quantitative estimate of drug-likeness (QED) is 0.116. The number of nitrogens with zero attached hydrogens (tertiary/aromatic N) is 6. The Hall–Kier alpha value is -1.29. The fourth-order valence-corrected chi connectivity index (χ4v) is 2.51. The van der Waals surface area contributed by atoms with Crippen molar-refractivity contribution in [2.45, 2.75) is 4.90 Å². The van der Waals surface area contributed by atoms with E-state index in [1.54, 1.807) is 12.1 Å². The third-order valence-corrected chi connectivity index (χ3v) is 3.74. The molecule has 9 nitrogen and oxygen atoms in total. The Morgan fingerprint density at radius 3 is 2.15 bits per heavy atom. The Morgan fingerprint density at radius 2 is 1.62 bits per heavy atom. The second kappa shape index (κ2) is 11.4. The van der Waals surface area contributed by atoms with Gasteiger partial charge in [-0.2, -0.15) is 5.56 Å². The molecule has 2 rings (SSSR count). The first kappa shape index (κ1) is 24.7. The first-order chi connectivity index (χ1) is 11.4. The SMILES string of the molecule is [N-]=[N+]=Nc1c[c-]c(/C=C/c2ccc(N=[N+]=[N-])cc2S(=O)(=O)[O-])cc1.[Na+].[Na+]. The second-order valence-corrected chi connectivity index (χ2v) is 5.74. The van der Waals surface area contributed by atoms with Gasteiger partial charge in [-0.25, -0.2) is 8.42 Å². The molecular weight excluding hydrogens is 378 g/mol. The summed E-state index contributed by atoms with van der Waals surface area (Å²) in [6.07, 6.45) is 2.96. The van der Waals surface area contributed by atoms with Crippen LogP contribution in [0, 0.1) is 6.07 Å². The van der Waals surface area contributed by atoms with Crippen molar-refractivity contribution < 1.29 is 72.1 Å². The zero-order valence-electron chi connectivity index (χ0n) is 13.9. The van der Waals surface area contributed by atoms with E-state index < -0.39 is 15.0 Å². The molecule has 0 amide bonds. The van der Waals surface area contributed by atoms with Crippen LogP contribution in [0.3, 0.4) is 0 Å². The molecule has 0 radical (unpaired) electrons.